The second-order valence-electron chi connectivity index (χ2n) is 10.2. The van der Waals surface area contributed by atoms with Crippen molar-refractivity contribution in [3.8, 4) is 11.3 Å². The van der Waals surface area contributed by atoms with Crippen LogP contribution in [0.15, 0.2) is 35.0 Å². The summed E-state index contributed by atoms with van der Waals surface area (Å²) in [5.74, 6) is 0.109. The van der Waals surface area contributed by atoms with Crippen molar-refractivity contribution in [1.29, 1.82) is 0 Å². The van der Waals surface area contributed by atoms with E-state index in [1.807, 2.05) is 6.07 Å². The van der Waals surface area contributed by atoms with E-state index in [2.05, 4.69) is 15.5 Å². The van der Waals surface area contributed by atoms with Gasteiger partial charge in [-0.3, -0.25) is 0 Å². The van der Waals surface area contributed by atoms with Gasteiger partial charge in [0.2, 0.25) is 10.0 Å². The Morgan fingerprint density at radius 1 is 1.23 bits per heavy atom. The minimum atomic E-state index is -3.23. The maximum Gasteiger partial charge on any atom is 0.211 e. The highest BCUT2D eigenvalue weighted by atomic mass is 35.5. The van der Waals surface area contributed by atoms with Gasteiger partial charge in [-0.2, -0.15) is 0 Å². The van der Waals surface area contributed by atoms with E-state index in [4.69, 9.17) is 25.6 Å². The maximum atomic E-state index is 14.0. The molecule has 2 saturated heterocycles. The lowest BCUT2D eigenvalue weighted by molar-refractivity contribution is -0.212. The lowest BCUT2D eigenvalue weighted by Crippen LogP contribution is -2.57. The van der Waals surface area contributed by atoms with Crippen molar-refractivity contribution < 1.29 is 37.0 Å². The van der Waals surface area contributed by atoms with Crippen LogP contribution in [0.4, 0.5) is 4.39 Å². The van der Waals surface area contributed by atoms with Gasteiger partial charge < -0.3 is 24.2 Å². The van der Waals surface area contributed by atoms with Gasteiger partial charge in [0.1, 0.15) is 41.6 Å². The summed E-state index contributed by atoms with van der Waals surface area (Å²) < 4.78 is 57.9. The predicted octanol–water partition coefficient (Wildman–Crippen LogP) is 1.78. The Labute approximate surface area is 235 Å². The number of rotatable bonds is 8. The molecule has 218 valence electrons. The van der Waals surface area contributed by atoms with Gasteiger partial charge in [0.25, 0.3) is 0 Å². The zero-order chi connectivity index (χ0) is 28.6. The SMILES string of the molecule is CO[C@@H]1[C@@H](n2cc(-c3ccc(Cl)c(F)c3)nn2)[C@@H](O)[C@@H](CO)O[C@@H]1Cc1cc(C2CCN(S(C)(=O)=O)CC2)on1. The van der Waals surface area contributed by atoms with E-state index in [1.54, 1.807) is 12.3 Å². The Kier molecular flexibility index (Phi) is 8.57. The van der Waals surface area contributed by atoms with Gasteiger partial charge in [0, 0.05) is 44.2 Å². The Balaban J connectivity index is 1.34. The van der Waals surface area contributed by atoms with Crippen molar-refractivity contribution in [2.24, 2.45) is 0 Å². The lowest BCUT2D eigenvalue weighted by atomic mass is 9.90. The molecule has 15 heteroatoms. The van der Waals surface area contributed by atoms with Crippen LogP contribution in [0.3, 0.4) is 0 Å². The van der Waals surface area contributed by atoms with Gasteiger partial charge in [-0.15, -0.1) is 5.10 Å². The minimum Gasteiger partial charge on any atom is -0.394 e. The van der Waals surface area contributed by atoms with Gasteiger partial charge in [0.15, 0.2) is 0 Å². The molecule has 0 spiro atoms. The topological polar surface area (TPSA) is 153 Å². The minimum absolute atomic E-state index is 0.0144. The molecule has 0 aliphatic carbocycles. The summed E-state index contributed by atoms with van der Waals surface area (Å²) in [6.45, 7) is 0.381. The average Bonchev–Trinajstić information content (AvgIpc) is 3.61. The van der Waals surface area contributed by atoms with Crippen LogP contribution in [-0.2, 0) is 25.9 Å². The molecule has 5 rings (SSSR count). The van der Waals surface area contributed by atoms with Crippen LogP contribution >= 0.6 is 11.6 Å². The molecule has 3 aromatic rings. The van der Waals surface area contributed by atoms with Crippen LogP contribution in [-0.4, -0.2) is 101 Å². The zero-order valence-electron chi connectivity index (χ0n) is 21.9. The summed E-state index contributed by atoms with van der Waals surface area (Å²) in [5.41, 5.74) is 1.41. The van der Waals surface area contributed by atoms with E-state index in [0.29, 0.717) is 48.6 Å². The van der Waals surface area contributed by atoms with E-state index in [9.17, 15) is 23.0 Å². The van der Waals surface area contributed by atoms with Crippen molar-refractivity contribution in [3.63, 3.8) is 0 Å². The third-order valence-corrected chi connectivity index (χ3v) is 9.19. The predicted molar refractivity (Wildman–Crippen MR) is 141 cm³/mol. The lowest BCUT2D eigenvalue weighted by Gasteiger charge is -2.43. The second-order valence-corrected chi connectivity index (χ2v) is 12.5. The van der Waals surface area contributed by atoms with Crippen LogP contribution in [0.2, 0.25) is 5.02 Å². The van der Waals surface area contributed by atoms with Gasteiger partial charge in [-0.25, -0.2) is 21.8 Å². The quantitative estimate of drug-likeness (QED) is 0.392. The fourth-order valence-corrected chi connectivity index (χ4v) is 6.43. The molecule has 2 aromatic heterocycles. The third kappa shape index (κ3) is 5.93. The molecule has 40 heavy (non-hydrogen) atoms. The Morgan fingerprint density at radius 3 is 2.62 bits per heavy atom. The molecule has 2 aliphatic rings. The molecule has 5 atom stereocenters. The molecule has 0 amide bonds. The van der Waals surface area contributed by atoms with Gasteiger partial charge >= 0.3 is 0 Å². The van der Waals surface area contributed by atoms with Crippen LogP contribution in [0.1, 0.15) is 36.3 Å². The molecule has 0 radical (unpaired) electrons. The van der Waals surface area contributed by atoms with E-state index < -0.39 is 52.9 Å². The van der Waals surface area contributed by atoms with Crippen LogP contribution in [0.5, 0.6) is 0 Å². The molecule has 2 aliphatic heterocycles. The molecule has 0 saturated carbocycles. The molecular formula is C25H31ClFN5O7S. The molecule has 2 N–H and O–H groups in total. The number of hydrogen-bond donors (Lipinski definition) is 2. The first kappa shape index (κ1) is 29.0. The van der Waals surface area contributed by atoms with Crippen LogP contribution in [0.25, 0.3) is 11.3 Å². The molecule has 0 unspecified atom stereocenters. The highest BCUT2D eigenvalue weighted by molar-refractivity contribution is 7.88. The van der Waals surface area contributed by atoms with E-state index >= 15 is 0 Å². The molecule has 12 nitrogen and oxygen atoms in total. The van der Waals surface area contributed by atoms with Crippen LogP contribution < -0.4 is 0 Å². The van der Waals surface area contributed by atoms with Gasteiger partial charge in [-0.05, 0) is 25.0 Å². The van der Waals surface area contributed by atoms with Crippen molar-refractivity contribution in [3.05, 3.63) is 52.8 Å². The monoisotopic (exact) mass is 599 g/mol. The number of sulfonamides is 1. The van der Waals surface area contributed by atoms with Crippen molar-refractivity contribution in [2.75, 3.05) is 33.1 Å². The summed E-state index contributed by atoms with van der Waals surface area (Å²) in [5, 5.41) is 33.5. The Hall–Kier alpha value is -2.46. The number of ether oxygens (including phenoxy) is 2. The summed E-state index contributed by atoms with van der Waals surface area (Å²) >= 11 is 5.80. The van der Waals surface area contributed by atoms with Crippen LogP contribution in [0, 0.1) is 5.82 Å². The van der Waals surface area contributed by atoms with E-state index in [-0.39, 0.29) is 17.4 Å². The Bertz CT molecular complexity index is 1430. The molecule has 1 aromatic carbocycles. The number of piperidine rings is 1. The standard InChI is InChI=1S/C25H31ClFN5O7S/c1-37-25-21(11-16-10-20(39-29-16)14-5-7-31(8-6-14)40(2,35)36)38-22(13-33)24(34)23(25)32-12-19(28-30-32)15-3-4-17(26)18(27)9-15/h3-4,9-10,12,14,21-25,33-34H,5-8,11,13H2,1-2H3/t21-,22-,23+,24+,25+/m1/s1. The molecule has 4 heterocycles. The van der Waals surface area contributed by atoms with Crippen molar-refractivity contribution >= 4 is 21.6 Å². The van der Waals surface area contributed by atoms with E-state index in [1.165, 1.54) is 34.5 Å². The fraction of sp³-hybridized carbons (Fsp3) is 0.560. The highest BCUT2D eigenvalue weighted by Gasteiger charge is 2.47. The Morgan fingerprint density at radius 2 is 1.98 bits per heavy atom. The fourth-order valence-electron chi connectivity index (χ4n) is 5.44. The number of aromatic nitrogens is 4. The maximum absolute atomic E-state index is 14.0. The number of halogens is 2. The smallest absolute Gasteiger partial charge is 0.211 e. The first-order chi connectivity index (χ1) is 19.1. The summed E-state index contributed by atoms with van der Waals surface area (Å²) in [7, 11) is -1.75. The number of benzene rings is 1. The highest BCUT2D eigenvalue weighted by Crippen LogP contribution is 2.35. The van der Waals surface area contributed by atoms with Gasteiger partial charge in [0.05, 0.1) is 35.9 Å². The number of methoxy groups -OCH3 is 1. The molecule has 2 fully saturated rings. The third-order valence-electron chi connectivity index (χ3n) is 7.58. The molecule has 0 bridgehead atoms. The first-order valence-corrected chi connectivity index (χ1v) is 15.1. The first-order valence-electron chi connectivity index (χ1n) is 12.8. The number of nitrogens with zero attached hydrogens (tertiary/aromatic N) is 5. The summed E-state index contributed by atoms with van der Waals surface area (Å²) in [6, 6.07) is 5.32. The van der Waals surface area contributed by atoms with Gasteiger partial charge in [-0.1, -0.05) is 28.0 Å². The van der Waals surface area contributed by atoms with Crippen molar-refractivity contribution in [1.82, 2.24) is 24.5 Å². The zero-order valence-corrected chi connectivity index (χ0v) is 23.5. The largest absolute Gasteiger partial charge is 0.394 e. The second kappa shape index (κ2) is 11.8. The summed E-state index contributed by atoms with van der Waals surface area (Å²) in [4.78, 5) is 0. The number of aliphatic hydroxyl groups excluding tert-OH is 2. The number of aliphatic hydroxyl groups is 2. The number of hydrogen-bond acceptors (Lipinski definition) is 10. The average molecular weight is 600 g/mol. The normalized spacial score (nSPS) is 26.8. The van der Waals surface area contributed by atoms with E-state index in [0.717, 1.165) is 0 Å². The summed E-state index contributed by atoms with van der Waals surface area (Å²) in [6.07, 6.45) is 0.796. The molecular weight excluding hydrogens is 569 g/mol. The van der Waals surface area contributed by atoms with Crippen molar-refractivity contribution in [2.45, 2.75) is 55.6 Å².